The minimum atomic E-state index is -2.73. The molecular formula is C28H35N8O3P. The van der Waals surface area contributed by atoms with Crippen LogP contribution in [-0.2, 0) is 11.0 Å². The van der Waals surface area contributed by atoms with Gasteiger partial charge in [-0.05, 0) is 63.4 Å². The van der Waals surface area contributed by atoms with Crippen LogP contribution >= 0.6 is 7.14 Å². The molecule has 1 aliphatic rings. The molecule has 1 fully saturated rings. The van der Waals surface area contributed by atoms with Gasteiger partial charge in [-0.25, -0.2) is 9.97 Å². The van der Waals surface area contributed by atoms with E-state index in [1.807, 2.05) is 24.3 Å². The smallest absolute Gasteiger partial charge is 0.232 e. The molecule has 12 heteroatoms. The normalized spacial score (nSPS) is 14.7. The van der Waals surface area contributed by atoms with Crippen molar-refractivity contribution in [1.29, 1.82) is 0 Å². The van der Waals surface area contributed by atoms with Crippen LogP contribution in [0.2, 0.25) is 0 Å². The Labute approximate surface area is 234 Å². The van der Waals surface area contributed by atoms with Gasteiger partial charge in [0.05, 0.1) is 29.3 Å². The largest absolute Gasteiger partial charge is 0.494 e. The van der Waals surface area contributed by atoms with Gasteiger partial charge in [-0.3, -0.25) is 9.97 Å². The Kier molecular flexibility index (Phi) is 8.14. The molecule has 5 rings (SSSR count). The van der Waals surface area contributed by atoms with Gasteiger partial charge in [-0.1, -0.05) is 6.92 Å². The Morgan fingerprint density at radius 1 is 0.975 bits per heavy atom. The molecule has 2 aromatic carbocycles. The van der Waals surface area contributed by atoms with Crippen molar-refractivity contribution in [2.45, 2.75) is 32.3 Å². The third-order valence-corrected chi connectivity index (χ3v) is 8.47. The topological polar surface area (TPSA) is 127 Å². The van der Waals surface area contributed by atoms with E-state index in [4.69, 9.17) is 9.47 Å². The number of fused-ring (bicyclic) bond motifs is 1. The second-order valence-corrected chi connectivity index (χ2v) is 13.4. The van der Waals surface area contributed by atoms with Gasteiger partial charge in [0, 0.05) is 31.5 Å². The summed E-state index contributed by atoms with van der Waals surface area (Å²) in [5.41, 5.74) is 3.66. The van der Waals surface area contributed by atoms with Crippen molar-refractivity contribution in [1.82, 2.24) is 29.8 Å². The number of piperidine rings is 1. The van der Waals surface area contributed by atoms with Crippen molar-refractivity contribution in [3.05, 3.63) is 48.5 Å². The molecule has 0 saturated carbocycles. The fourth-order valence-corrected chi connectivity index (χ4v) is 6.26. The predicted octanol–water partition coefficient (Wildman–Crippen LogP) is 4.59. The highest BCUT2D eigenvalue weighted by Gasteiger charge is 2.23. The molecule has 1 saturated heterocycles. The van der Waals surface area contributed by atoms with Crippen molar-refractivity contribution in [3.63, 3.8) is 0 Å². The number of benzene rings is 2. The van der Waals surface area contributed by atoms with Gasteiger partial charge in [0.25, 0.3) is 0 Å². The average molecular weight is 563 g/mol. The van der Waals surface area contributed by atoms with Crippen LogP contribution in [0.25, 0.3) is 11.0 Å². The third-order valence-electron chi connectivity index (χ3n) is 6.94. The molecule has 0 spiro atoms. The average Bonchev–Trinajstić information content (AvgIpc) is 2.94. The number of aryl methyl sites for hydroxylation is 1. The number of nitrogens with one attached hydrogen (secondary N) is 2. The standard InChI is InChI=1S/C28H35N8O3P/c1-6-18-15-22(24(38-3)16-23(18)39-19-9-13-36(2)14-10-19)34-28-32-17-31-27(35-28)33-21-8-7-20-25(30-12-11-29-20)26(21)40(4,5)37/h7-8,11-12,15-17,19H,6,9-10,13-14H2,1-5H3,(H2,31,32,33,34,35). The summed E-state index contributed by atoms with van der Waals surface area (Å²) in [4.78, 5) is 24.3. The summed E-state index contributed by atoms with van der Waals surface area (Å²) < 4.78 is 25.4. The van der Waals surface area contributed by atoms with E-state index in [0.717, 1.165) is 49.4 Å². The van der Waals surface area contributed by atoms with E-state index in [-0.39, 0.29) is 6.10 Å². The van der Waals surface area contributed by atoms with Crippen LogP contribution in [0.3, 0.4) is 0 Å². The first kappa shape index (κ1) is 27.7. The second-order valence-electron chi connectivity index (χ2n) is 10.3. The molecule has 0 radical (unpaired) electrons. The quantitative estimate of drug-likeness (QED) is 0.278. The number of methoxy groups -OCH3 is 1. The summed E-state index contributed by atoms with van der Waals surface area (Å²) in [7, 11) is 1.04. The first-order chi connectivity index (χ1) is 19.2. The van der Waals surface area contributed by atoms with E-state index >= 15 is 0 Å². The Morgan fingerprint density at radius 3 is 2.35 bits per heavy atom. The lowest BCUT2D eigenvalue weighted by Gasteiger charge is -2.30. The summed E-state index contributed by atoms with van der Waals surface area (Å²) in [6.45, 7) is 7.57. The molecule has 0 bridgehead atoms. The molecule has 2 N–H and O–H groups in total. The first-order valence-corrected chi connectivity index (χ1v) is 15.9. The zero-order chi connectivity index (χ0) is 28.3. The number of likely N-dealkylation sites (tertiary alicyclic amines) is 1. The van der Waals surface area contributed by atoms with Crippen LogP contribution in [0.4, 0.5) is 23.3 Å². The Hall–Kier alpha value is -3.82. The van der Waals surface area contributed by atoms with Gasteiger partial charge in [-0.15, -0.1) is 0 Å². The van der Waals surface area contributed by atoms with Gasteiger partial charge in [0.1, 0.15) is 36.6 Å². The molecule has 0 amide bonds. The maximum Gasteiger partial charge on any atom is 0.232 e. The van der Waals surface area contributed by atoms with Gasteiger partial charge >= 0.3 is 0 Å². The maximum atomic E-state index is 13.2. The van der Waals surface area contributed by atoms with Crippen molar-refractivity contribution in [2.75, 3.05) is 51.2 Å². The molecule has 0 atom stereocenters. The first-order valence-electron chi connectivity index (χ1n) is 13.3. The van der Waals surface area contributed by atoms with Crippen LogP contribution in [0.1, 0.15) is 25.3 Å². The lowest BCUT2D eigenvalue weighted by molar-refractivity contribution is 0.113. The predicted molar refractivity (Wildman–Crippen MR) is 159 cm³/mol. The number of hydrogen-bond donors (Lipinski definition) is 2. The minimum absolute atomic E-state index is 0.190. The Bertz CT molecular complexity index is 1550. The van der Waals surface area contributed by atoms with Crippen LogP contribution in [0, 0.1) is 0 Å². The fraction of sp³-hybridized carbons (Fsp3) is 0.393. The van der Waals surface area contributed by atoms with E-state index in [1.54, 1.807) is 32.8 Å². The molecule has 40 heavy (non-hydrogen) atoms. The zero-order valence-electron chi connectivity index (χ0n) is 23.5. The van der Waals surface area contributed by atoms with Crippen molar-refractivity contribution in [2.24, 2.45) is 0 Å². The van der Waals surface area contributed by atoms with E-state index in [2.05, 4.69) is 54.4 Å². The summed E-state index contributed by atoms with van der Waals surface area (Å²) in [5, 5.41) is 7.08. The van der Waals surface area contributed by atoms with Gasteiger partial charge in [0.15, 0.2) is 0 Å². The molecule has 3 heterocycles. The molecule has 4 aromatic rings. The SMILES string of the molecule is CCc1cc(Nc2ncnc(Nc3ccc4nccnc4c3P(C)(C)=O)n2)c(OC)cc1OC1CCN(C)CC1. The number of aromatic nitrogens is 5. The summed E-state index contributed by atoms with van der Waals surface area (Å²) in [6, 6.07) is 7.60. The lowest BCUT2D eigenvalue weighted by Crippen LogP contribution is -2.35. The number of hydrogen-bond acceptors (Lipinski definition) is 11. The van der Waals surface area contributed by atoms with E-state index in [0.29, 0.717) is 39.7 Å². The van der Waals surface area contributed by atoms with Crippen LogP contribution in [-0.4, -0.2) is 76.5 Å². The molecular weight excluding hydrogens is 527 g/mol. The highest BCUT2D eigenvalue weighted by Crippen LogP contribution is 2.41. The highest BCUT2D eigenvalue weighted by atomic mass is 31.2. The monoisotopic (exact) mass is 562 g/mol. The van der Waals surface area contributed by atoms with Crippen molar-refractivity contribution >= 4 is 46.8 Å². The number of anilines is 4. The van der Waals surface area contributed by atoms with Crippen LogP contribution in [0.15, 0.2) is 43.0 Å². The molecule has 1 aliphatic heterocycles. The summed E-state index contributed by atoms with van der Waals surface area (Å²) in [5.74, 6) is 2.10. The number of rotatable bonds is 9. The van der Waals surface area contributed by atoms with Crippen molar-refractivity contribution in [3.8, 4) is 11.5 Å². The molecule has 0 aliphatic carbocycles. The van der Waals surface area contributed by atoms with Gasteiger partial charge < -0.3 is 29.6 Å². The molecule has 210 valence electrons. The van der Waals surface area contributed by atoms with Gasteiger partial charge in [0.2, 0.25) is 11.9 Å². The Balaban J connectivity index is 1.40. The van der Waals surface area contributed by atoms with Crippen LogP contribution < -0.4 is 25.4 Å². The van der Waals surface area contributed by atoms with E-state index < -0.39 is 7.14 Å². The van der Waals surface area contributed by atoms with E-state index in [9.17, 15) is 4.57 Å². The summed E-state index contributed by atoms with van der Waals surface area (Å²) in [6.07, 6.45) is 7.62. The number of nitrogens with zero attached hydrogens (tertiary/aromatic N) is 6. The van der Waals surface area contributed by atoms with Crippen molar-refractivity contribution < 1.29 is 14.0 Å². The molecule has 0 unspecified atom stereocenters. The van der Waals surface area contributed by atoms with E-state index in [1.165, 1.54) is 6.33 Å². The Morgan fingerprint density at radius 2 is 1.68 bits per heavy atom. The minimum Gasteiger partial charge on any atom is -0.494 e. The zero-order valence-corrected chi connectivity index (χ0v) is 24.4. The molecule has 11 nitrogen and oxygen atoms in total. The summed E-state index contributed by atoms with van der Waals surface area (Å²) >= 11 is 0. The molecule has 2 aromatic heterocycles. The lowest BCUT2D eigenvalue weighted by atomic mass is 10.1. The highest BCUT2D eigenvalue weighted by molar-refractivity contribution is 7.71. The third kappa shape index (κ3) is 6.16. The maximum absolute atomic E-state index is 13.2. The fourth-order valence-electron chi connectivity index (χ4n) is 4.87. The van der Waals surface area contributed by atoms with Crippen LogP contribution in [0.5, 0.6) is 11.5 Å². The second kappa shape index (κ2) is 11.7. The number of ether oxygens (including phenoxy) is 2. The van der Waals surface area contributed by atoms with Gasteiger partial charge in [-0.2, -0.15) is 4.98 Å².